The molecule has 0 radical (unpaired) electrons. The Hall–Kier alpha value is -3.53. The first-order valence-electron chi connectivity index (χ1n) is 10.0. The molecular formula is C27H17Cl2NO2. The lowest BCUT2D eigenvalue weighted by molar-refractivity contribution is -0.112. The molecular weight excluding hydrogens is 441 g/mol. The second-order valence-electron chi connectivity index (χ2n) is 7.27. The van der Waals surface area contributed by atoms with E-state index in [-0.39, 0.29) is 5.91 Å². The first-order valence-corrected chi connectivity index (χ1v) is 10.8. The van der Waals surface area contributed by atoms with Crippen molar-refractivity contribution in [1.82, 2.24) is 0 Å². The van der Waals surface area contributed by atoms with Crippen LogP contribution in [-0.2, 0) is 4.79 Å². The fourth-order valence-electron chi connectivity index (χ4n) is 3.76. The van der Waals surface area contributed by atoms with Crippen LogP contribution in [0.15, 0.2) is 97.1 Å². The molecule has 0 bridgehead atoms. The van der Waals surface area contributed by atoms with Crippen molar-refractivity contribution in [1.29, 1.82) is 0 Å². The monoisotopic (exact) mass is 457 g/mol. The molecule has 0 aliphatic carbocycles. The SMILES string of the molecule is O=C1/C(=C/c2cccc(Oc3ccccc3)c2)c2ccccc2N1c1c(Cl)cccc1Cl. The molecule has 0 unspecified atom stereocenters. The highest BCUT2D eigenvalue weighted by Crippen LogP contribution is 2.46. The lowest BCUT2D eigenvalue weighted by atomic mass is 10.0. The molecule has 156 valence electrons. The van der Waals surface area contributed by atoms with E-state index < -0.39 is 0 Å². The Labute approximate surface area is 196 Å². The van der Waals surface area contributed by atoms with Crippen LogP contribution in [0.4, 0.5) is 11.4 Å². The summed E-state index contributed by atoms with van der Waals surface area (Å²) in [4.78, 5) is 15.1. The van der Waals surface area contributed by atoms with Crippen molar-refractivity contribution in [2.24, 2.45) is 0 Å². The normalized spacial score (nSPS) is 14.0. The average molecular weight is 458 g/mol. The summed E-state index contributed by atoms with van der Waals surface area (Å²) in [6.45, 7) is 0. The number of nitrogens with zero attached hydrogens (tertiary/aromatic N) is 1. The van der Waals surface area contributed by atoms with Gasteiger partial charge in [0.05, 0.1) is 27.0 Å². The molecule has 1 heterocycles. The number of hydrogen-bond donors (Lipinski definition) is 0. The summed E-state index contributed by atoms with van der Waals surface area (Å²) in [7, 11) is 0. The highest BCUT2D eigenvalue weighted by atomic mass is 35.5. The standard InChI is InChI=1S/C27H17Cl2NO2/c28-23-13-7-14-24(29)26(23)30-25-15-5-4-12-21(25)22(27(30)31)17-18-8-6-11-20(16-18)32-19-9-2-1-3-10-19/h1-17H/b22-17+. The summed E-state index contributed by atoms with van der Waals surface area (Å²) in [6.07, 6.45) is 1.86. The van der Waals surface area contributed by atoms with Crippen LogP contribution >= 0.6 is 23.2 Å². The largest absolute Gasteiger partial charge is 0.457 e. The summed E-state index contributed by atoms with van der Waals surface area (Å²) in [5.41, 5.74) is 3.47. The number of carbonyl (C=O) groups is 1. The number of hydrogen-bond acceptors (Lipinski definition) is 2. The van der Waals surface area contributed by atoms with Gasteiger partial charge < -0.3 is 4.74 Å². The molecule has 0 saturated heterocycles. The predicted molar refractivity (Wildman–Crippen MR) is 131 cm³/mol. The molecule has 3 nitrogen and oxygen atoms in total. The number of ether oxygens (including phenoxy) is 1. The van der Waals surface area contributed by atoms with E-state index in [1.54, 1.807) is 23.1 Å². The Morgan fingerprint density at radius 2 is 1.38 bits per heavy atom. The van der Waals surface area contributed by atoms with Gasteiger partial charge in [0, 0.05) is 5.56 Å². The fraction of sp³-hybridized carbons (Fsp3) is 0. The number of benzene rings is 4. The Morgan fingerprint density at radius 1 is 0.719 bits per heavy atom. The van der Waals surface area contributed by atoms with E-state index in [0.717, 1.165) is 22.6 Å². The van der Waals surface area contributed by atoms with E-state index in [9.17, 15) is 4.79 Å². The Bertz CT molecular complexity index is 1330. The molecule has 0 N–H and O–H groups in total. The number of halogens is 2. The van der Waals surface area contributed by atoms with Crippen molar-refractivity contribution in [2.75, 3.05) is 4.90 Å². The predicted octanol–water partition coefficient (Wildman–Crippen LogP) is 8.00. The molecule has 5 rings (SSSR count). The van der Waals surface area contributed by atoms with Crippen molar-refractivity contribution >= 4 is 52.1 Å². The van der Waals surface area contributed by atoms with E-state index in [0.29, 0.717) is 27.1 Å². The van der Waals surface area contributed by atoms with Crippen molar-refractivity contribution in [3.05, 3.63) is 118 Å². The zero-order valence-electron chi connectivity index (χ0n) is 16.8. The third kappa shape index (κ3) is 3.77. The smallest absolute Gasteiger partial charge is 0.263 e. The second kappa shape index (κ2) is 8.54. The van der Waals surface area contributed by atoms with Gasteiger partial charge in [0.25, 0.3) is 5.91 Å². The number of fused-ring (bicyclic) bond motifs is 1. The van der Waals surface area contributed by atoms with Gasteiger partial charge in [0.15, 0.2) is 0 Å². The number of para-hydroxylation sites is 3. The van der Waals surface area contributed by atoms with E-state index in [1.165, 1.54) is 0 Å². The van der Waals surface area contributed by atoms with Crippen LogP contribution in [0.5, 0.6) is 11.5 Å². The summed E-state index contributed by atoms with van der Waals surface area (Å²) >= 11 is 12.9. The molecule has 0 atom stereocenters. The van der Waals surface area contributed by atoms with E-state index in [2.05, 4.69) is 0 Å². The van der Waals surface area contributed by atoms with Gasteiger partial charge >= 0.3 is 0 Å². The van der Waals surface area contributed by atoms with Crippen LogP contribution in [0.1, 0.15) is 11.1 Å². The minimum absolute atomic E-state index is 0.185. The van der Waals surface area contributed by atoms with Gasteiger partial charge in [-0.2, -0.15) is 0 Å². The lowest BCUT2D eigenvalue weighted by Gasteiger charge is -2.20. The third-order valence-corrected chi connectivity index (χ3v) is 5.79. The van der Waals surface area contributed by atoms with Gasteiger partial charge in [-0.05, 0) is 54.1 Å². The summed E-state index contributed by atoms with van der Waals surface area (Å²) < 4.78 is 5.94. The summed E-state index contributed by atoms with van der Waals surface area (Å²) in [5, 5.41) is 0.834. The maximum absolute atomic E-state index is 13.6. The minimum atomic E-state index is -0.185. The first kappa shape index (κ1) is 20.4. The first-order chi connectivity index (χ1) is 15.6. The van der Waals surface area contributed by atoms with Gasteiger partial charge in [0.1, 0.15) is 11.5 Å². The Balaban J connectivity index is 1.56. The molecule has 5 heteroatoms. The minimum Gasteiger partial charge on any atom is -0.457 e. The zero-order valence-corrected chi connectivity index (χ0v) is 18.3. The fourth-order valence-corrected chi connectivity index (χ4v) is 4.33. The van der Waals surface area contributed by atoms with E-state index in [4.69, 9.17) is 27.9 Å². The van der Waals surface area contributed by atoms with Crippen molar-refractivity contribution in [3.8, 4) is 11.5 Å². The molecule has 1 amide bonds. The van der Waals surface area contributed by atoms with Gasteiger partial charge in [-0.3, -0.25) is 9.69 Å². The van der Waals surface area contributed by atoms with Crippen molar-refractivity contribution in [2.45, 2.75) is 0 Å². The lowest BCUT2D eigenvalue weighted by Crippen LogP contribution is -2.21. The maximum Gasteiger partial charge on any atom is 0.263 e. The number of anilines is 2. The average Bonchev–Trinajstić information content (AvgIpc) is 3.06. The van der Waals surface area contributed by atoms with Crippen molar-refractivity contribution < 1.29 is 9.53 Å². The molecule has 0 spiro atoms. The zero-order chi connectivity index (χ0) is 22.1. The number of amides is 1. The highest BCUT2D eigenvalue weighted by Gasteiger charge is 2.35. The van der Waals surface area contributed by atoms with Crippen LogP contribution in [0, 0.1) is 0 Å². The molecule has 1 aliphatic rings. The van der Waals surface area contributed by atoms with E-state index in [1.807, 2.05) is 84.9 Å². The molecule has 0 fully saturated rings. The highest BCUT2D eigenvalue weighted by molar-refractivity contribution is 6.44. The third-order valence-electron chi connectivity index (χ3n) is 5.18. The Morgan fingerprint density at radius 3 is 2.16 bits per heavy atom. The Kier molecular flexibility index (Phi) is 5.44. The number of carbonyl (C=O) groups excluding carboxylic acids is 1. The molecule has 4 aromatic carbocycles. The van der Waals surface area contributed by atoms with E-state index >= 15 is 0 Å². The summed E-state index contributed by atoms with van der Waals surface area (Å²) in [5.74, 6) is 1.25. The topological polar surface area (TPSA) is 29.5 Å². The van der Waals surface area contributed by atoms with Gasteiger partial charge in [-0.25, -0.2) is 0 Å². The second-order valence-corrected chi connectivity index (χ2v) is 8.09. The molecule has 0 aromatic heterocycles. The molecule has 0 saturated carbocycles. The summed E-state index contributed by atoms with van der Waals surface area (Å²) in [6, 6.07) is 30.0. The molecule has 1 aliphatic heterocycles. The number of rotatable bonds is 4. The molecule has 4 aromatic rings. The van der Waals surface area contributed by atoms with Crippen LogP contribution in [0.2, 0.25) is 10.0 Å². The quantitative estimate of drug-likeness (QED) is 0.290. The van der Waals surface area contributed by atoms with Crippen LogP contribution in [0.25, 0.3) is 11.6 Å². The van der Waals surface area contributed by atoms with Gasteiger partial charge in [-0.1, -0.05) is 77.8 Å². The van der Waals surface area contributed by atoms with Crippen LogP contribution in [0.3, 0.4) is 0 Å². The molecule has 32 heavy (non-hydrogen) atoms. The van der Waals surface area contributed by atoms with Crippen LogP contribution in [-0.4, -0.2) is 5.91 Å². The maximum atomic E-state index is 13.6. The van der Waals surface area contributed by atoms with Crippen molar-refractivity contribution in [3.63, 3.8) is 0 Å². The van der Waals surface area contributed by atoms with Crippen LogP contribution < -0.4 is 9.64 Å². The van der Waals surface area contributed by atoms with Gasteiger partial charge in [-0.15, -0.1) is 0 Å². The van der Waals surface area contributed by atoms with Gasteiger partial charge in [0.2, 0.25) is 0 Å².